The van der Waals surface area contributed by atoms with Gasteiger partial charge in [-0.1, -0.05) is 24.9 Å². The predicted octanol–water partition coefficient (Wildman–Crippen LogP) is 3.13. The van der Waals surface area contributed by atoms with Crippen molar-refractivity contribution < 1.29 is 13.3 Å². The Kier molecular flexibility index (Phi) is 4.79. The van der Waals surface area contributed by atoms with Crippen molar-refractivity contribution in [3.05, 3.63) is 47.1 Å². The average molecular weight is 281 g/mol. The van der Waals surface area contributed by atoms with Crippen LogP contribution in [0.2, 0.25) is 0 Å². The minimum atomic E-state index is -0.622. The Morgan fingerprint density at radius 1 is 1.25 bits per heavy atom. The molecule has 0 amide bonds. The lowest BCUT2D eigenvalue weighted by atomic mass is 10.1. The molecule has 0 fully saturated rings. The highest BCUT2D eigenvalue weighted by Gasteiger charge is 2.14. The van der Waals surface area contributed by atoms with E-state index in [0.717, 1.165) is 25.3 Å². The van der Waals surface area contributed by atoms with Gasteiger partial charge in [0.2, 0.25) is 5.89 Å². The number of unbranched alkanes of at least 4 members (excludes halogenated alkanes) is 1. The Hall–Kier alpha value is -1.82. The molecule has 2 aromatic rings. The predicted molar refractivity (Wildman–Crippen MR) is 69.9 cm³/mol. The van der Waals surface area contributed by atoms with Crippen LogP contribution < -0.4 is 5.73 Å². The molecule has 1 aromatic carbocycles. The van der Waals surface area contributed by atoms with Gasteiger partial charge in [-0.3, -0.25) is 0 Å². The smallest absolute Gasteiger partial charge is 0.243 e. The van der Waals surface area contributed by atoms with Crippen molar-refractivity contribution in [3.63, 3.8) is 0 Å². The van der Waals surface area contributed by atoms with Crippen molar-refractivity contribution in [2.45, 2.75) is 38.6 Å². The second-order valence-corrected chi connectivity index (χ2v) is 4.75. The third-order valence-electron chi connectivity index (χ3n) is 2.95. The van der Waals surface area contributed by atoms with Crippen molar-refractivity contribution in [3.8, 4) is 0 Å². The molecule has 0 saturated carbocycles. The average Bonchev–Trinajstić information content (AvgIpc) is 2.83. The molecule has 2 N–H and O–H groups in total. The molecule has 2 rings (SSSR count). The highest BCUT2D eigenvalue weighted by molar-refractivity contribution is 5.21. The van der Waals surface area contributed by atoms with Gasteiger partial charge in [-0.15, -0.1) is 0 Å². The van der Waals surface area contributed by atoms with Crippen LogP contribution >= 0.6 is 0 Å². The second kappa shape index (κ2) is 6.56. The molecule has 0 aliphatic carbocycles. The van der Waals surface area contributed by atoms with Crippen LogP contribution in [0.4, 0.5) is 8.78 Å². The highest BCUT2D eigenvalue weighted by atomic mass is 19.1. The maximum Gasteiger partial charge on any atom is 0.243 e. The van der Waals surface area contributed by atoms with E-state index < -0.39 is 11.6 Å². The van der Waals surface area contributed by atoms with Crippen LogP contribution in [-0.2, 0) is 6.42 Å². The van der Waals surface area contributed by atoms with Crippen LogP contribution in [0.3, 0.4) is 0 Å². The number of rotatable bonds is 6. The summed E-state index contributed by atoms with van der Waals surface area (Å²) in [6.07, 6.45) is 3.00. The molecule has 1 heterocycles. The van der Waals surface area contributed by atoms with Gasteiger partial charge in [-0.2, -0.15) is 4.98 Å². The first-order chi connectivity index (χ1) is 9.58. The van der Waals surface area contributed by atoms with E-state index >= 15 is 0 Å². The minimum absolute atomic E-state index is 0.207. The summed E-state index contributed by atoms with van der Waals surface area (Å²) in [6, 6.07) is 3.03. The molecule has 0 aliphatic rings. The maximum atomic E-state index is 13.1. The standard InChI is InChI=1S/C14H17F2N3O/c1-2-3-4-12(17)14-18-13(19-20-14)7-9-5-10(15)8-11(16)6-9/h5-6,8,12H,2-4,7,17H2,1H3. The minimum Gasteiger partial charge on any atom is -0.338 e. The Bertz CT molecular complexity index is 551. The second-order valence-electron chi connectivity index (χ2n) is 4.75. The Balaban J connectivity index is 2.05. The molecule has 108 valence electrons. The third kappa shape index (κ3) is 3.84. The monoisotopic (exact) mass is 281 g/mol. The number of halogens is 2. The van der Waals surface area contributed by atoms with E-state index in [4.69, 9.17) is 10.3 Å². The quantitative estimate of drug-likeness (QED) is 0.883. The summed E-state index contributed by atoms with van der Waals surface area (Å²) in [4.78, 5) is 4.17. The molecule has 6 heteroatoms. The lowest BCUT2D eigenvalue weighted by Crippen LogP contribution is -2.10. The largest absolute Gasteiger partial charge is 0.338 e. The lowest BCUT2D eigenvalue weighted by Gasteiger charge is -2.03. The molecular weight excluding hydrogens is 264 g/mol. The summed E-state index contributed by atoms with van der Waals surface area (Å²) in [6.45, 7) is 2.07. The number of hydrogen-bond donors (Lipinski definition) is 1. The number of hydrogen-bond acceptors (Lipinski definition) is 4. The van der Waals surface area contributed by atoms with Crippen LogP contribution in [0.5, 0.6) is 0 Å². The fraction of sp³-hybridized carbons (Fsp3) is 0.429. The lowest BCUT2D eigenvalue weighted by molar-refractivity contribution is 0.343. The van der Waals surface area contributed by atoms with Crippen molar-refractivity contribution in [1.82, 2.24) is 10.1 Å². The van der Waals surface area contributed by atoms with E-state index in [1.165, 1.54) is 12.1 Å². The SMILES string of the molecule is CCCCC(N)c1nc(Cc2cc(F)cc(F)c2)no1. The first kappa shape index (κ1) is 14.6. The first-order valence-corrected chi connectivity index (χ1v) is 6.61. The van der Waals surface area contributed by atoms with Crippen molar-refractivity contribution in [2.75, 3.05) is 0 Å². The number of aromatic nitrogens is 2. The maximum absolute atomic E-state index is 13.1. The summed E-state index contributed by atoms with van der Waals surface area (Å²) >= 11 is 0. The van der Waals surface area contributed by atoms with E-state index in [-0.39, 0.29) is 12.5 Å². The zero-order valence-electron chi connectivity index (χ0n) is 11.3. The molecule has 20 heavy (non-hydrogen) atoms. The van der Waals surface area contributed by atoms with E-state index in [2.05, 4.69) is 17.1 Å². The Morgan fingerprint density at radius 2 is 1.95 bits per heavy atom. The van der Waals surface area contributed by atoms with Gasteiger partial charge in [0.25, 0.3) is 0 Å². The number of benzene rings is 1. The van der Waals surface area contributed by atoms with E-state index in [9.17, 15) is 8.78 Å². The van der Waals surface area contributed by atoms with Crippen molar-refractivity contribution in [2.24, 2.45) is 5.73 Å². The van der Waals surface area contributed by atoms with Crippen LogP contribution in [0.1, 0.15) is 49.5 Å². The molecule has 4 nitrogen and oxygen atoms in total. The summed E-state index contributed by atoms with van der Waals surface area (Å²) < 4.78 is 31.2. The van der Waals surface area contributed by atoms with Crippen LogP contribution in [0.25, 0.3) is 0 Å². The first-order valence-electron chi connectivity index (χ1n) is 6.61. The summed E-state index contributed by atoms with van der Waals surface area (Å²) in [7, 11) is 0. The molecule has 1 aromatic heterocycles. The van der Waals surface area contributed by atoms with E-state index in [0.29, 0.717) is 17.3 Å². The summed E-state index contributed by atoms with van der Waals surface area (Å²) in [5.74, 6) is -0.506. The third-order valence-corrected chi connectivity index (χ3v) is 2.95. The molecule has 0 spiro atoms. The zero-order chi connectivity index (χ0) is 14.5. The molecule has 1 atom stereocenters. The van der Waals surface area contributed by atoms with Crippen molar-refractivity contribution in [1.29, 1.82) is 0 Å². The van der Waals surface area contributed by atoms with Gasteiger partial charge in [0.05, 0.1) is 6.04 Å². The van der Waals surface area contributed by atoms with E-state index in [1.54, 1.807) is 0 Å². The zero-order valence-corrected chi connectivity index (χ0v) is 11.3. The van der Waals surface area contributed by atoms with Gasteiger partial charge >= 0.3 is 0 Å². The molecular formula is C14H17F2N3O. The van der Waals surface area contributed by atoms with E-state index in [1.807, 2.05) is 0 Å². The fourth-order valence-corrected chi connectivity index (χ4v) is 1.93. The van der Waals surface area contributed by atoms with Gasteiger partial charge < -0.3 is 10.3 Å². The van der Waals surface area contributed by atoms with Crippen LogP contribution in [0.15, 0.2) is 22.7 Å². The molecule has 0 aliphatic heterocycles. The summed E-state index contributed by atoms with van der Waals surface area (Å²) in [5.41, 5.74) is 6.38. The normalized spacial score (nSPS) is 12.6. The van der Waals surface area contributed by atoms with Crippen LogP contribution in [0, 0.1) is 11.6 Å². The molecule has 1 unspecified atom stereocenters. The number of nitrogens with two attached hydrogens (primary N) is 1. The van der Waals surface area contributed by atoms with Gasteiger partial charge in [-0.05, 0) is 24.1 Å². The fourth-order valence-electron chi connectivity index (χ4n) is 1.93. The van der Waals surface area contributed by atoms with Gasteiger partial charge in [0.1, 0.15) is 11.6 Å². The van der Waals surface area contributed by atoms with Gasteiger partial charge in [-0.25, -0.2) is 8.78 Å². The summed E-state index contributed by atoms with van der Waals surface area (Å²) in [5, 5.41) is 3.79. The topological polar surface area (TPSA) is 64.9 Å². The molecule has 0 saturated heterocycles. The van der Waals surface area contributed by atoms with Gasteiger partial charge in [0, 0.05) is 12.5 Å². The number of nitrogens with zero attached hydrogens (tertiary/aromatic N) is 2. The Morgan fingerprint density at radius 3 is 2.60 bits per heavy atom. The van der Waals surface area contributed by atoms with Crippen molar-refractivity contribution >= 4 is 0 Å². The highest BCUT2D eigenvalue weighted by Crippen LogP contribution is 2.16. The molecule has 0 bridgehead atoms. The van der Waals surface area contributed by atoms with Gasteiger partial charge in [0.15, 0.2) is 5.82 Å². The molecule has 0 radical (unpaired) electrons. The van der Waals surface area contributed by atoms with Crippen LogP contribution in [-0.4, -0.2) is 10.1 Å². The Labute approximate surface area is 116 Å².